The Kier molecular flexibility index (Phi) is 2.96. The number of carboxylic acid groups (broad SMARTS) is 1. The van der Waals surface area contributed by atoms with E-state index in [2.05, 4.69) is 20.3 Å². The number of rotatable bonds is 3. The Bertz CT molecular complexity index is 613. The van der Waals surface area contributed by atoms with Gasteiger partial charge in [-0.15, -0.1) is 0 Å². The van der Waals surface area contributed by atoms with Crippen molar-refractivity contribution in [2.24, 2.45) is 0 Å². The molecule has 1 aliphatic rings. The smallest absolute Gasteiger partial charge is 0.320 e. The maximum absolute atomic E-state index is 10.9. The minimum Gasteiger partial charge on any atom is -0.480 e. The molecule has 1 aliphatic heterocycles. The van der Waals surface area contributed by atoms with Crippen molar-refractivity contribution in [1.29, 1.82) is 0 Å². The highest BCUT2D eigenvalue weighted by Gasteiger charge is 2.30. The molecule has 3 rings (SSSR count). The Hall–Kier alpha value is -2.28. The van der Waals surface area contributed by atoms with Crippen LogP contribution in [0.15, 0.2) is 24.8 Å². The number of hydrogen-bond donors (Lipinski definition) is 2. The van der Waals surface area contributed by atoms with Gasteiger partial charge in [0.25, 0.3) is 0 Å². The fourth-order valence-corrected chi connectivity index (χ4v) is 2.12. The van der Waals surface area contributed by atoms with Gasteiger partial charge in [-0.1, -0.05) is 0 Å². The van der Waals surface area contributed by atoms with E-state index in [0.717, 1.165) is 5.39 Å². The summed E-state index contributed by atoms with van der Waals surface area (Å²) in [6.07, 6.45) is 4.91. The third-order valence-electron chi connectivity index (χ3n) is 3.07. The molecule has 1 saturated heterocycles. The first-order chi connectivity index (χ1) is 9.24. The maximum Gasteiger partial charge on any atom is 0.320 e. The summed E-state index contributed by atoms with van der Waals surface area (Å²) in [5.74, 6) is -0.395. The minimum atomic E-state index is -0.858. The van der Waals surface area contributed by atoms with Gasteiger partial charge < -0.3 is 15.2 Å². The summed E-state index contributed by atoms with van der Waals surface area (Å²) in [5.41, 5.74) is 0.702. The predicted molar refractivity (Wildman–Crippen MR) is 65.8 cm³/mol. The van der Waals surface area contributed by atoms with Gasteiger partial charge in [-0.05, 0) is 6.07 Å². The molecule has 2 atom stereocenters. The van der Waals surface area contributed by atoms with Crippen molar-refractivity contribution in [2.45, 2.75) is 18.6 Å². The average molecular weight is 260 g/mol. The molecule has 2 aromatic rings. The maximum atomic E-state index is 10.9. The van der Waals surface area contributed by atoms with Crippen LogP contribution in [0.25, 0.3) is 10.9 Å². The van der Waals surface area contributed by atoms with Gasteiger partial charge in [-0.25, -0.2) is 9.97 Å². The van der Waals surface area contributed by atoms with E-state index in [9.17, 15) is 4.79 Å². The standard InChI is InChI=1S/C12H12N4O3/c17-12(18)9-3-7(4-14-9)19-11-8-1-2-13-5-10(8)15-6-16-11/h1-2,5-7,9,14H,3-4H2,(H,17,18). The van der Waals surface area contributed by atoms with Crippen LogP contribution in [0, 0.1) is 0 Å². The van der Waals surface area contributed by atoms with Crippen LogP contribution in [0.3, 0.4) is 0 Å². The van der Waals surface area contributed by atoms with Crippen LogP contribution in [-0.2, 0) is 4.79 Å². The number of ether oxygens (including phenoxy) is 1. The lowest BCUT2D eigenvalue weighted by Crippen LogP contribution is -2.30. The molecule has 0 radical (unpaired) electrons. The van der Waals surface area contributed by atoms with Crippen molar-refractivity contribution in [3.8, 4) is 5.88 Å². The second-order valence-electron chi connectivity index (χ2n) is 4.35. The molecule has 2 unspecified atom stereocenters. The van der Waals surface area contributed by atoms with E-state index in [0.29, 0.717) is 24.4 Å². The van der Waals surface area contributed by atoms with Crippen LogP contribution in [0.5, 0.6) is 5.88 Å². The van der Waals surface area contributed by atoms with Crippen molar-refractivity contribution < 1.29 is 14.6 Å². The molecule has 1 fully saturated rings. The summed E-state index contributed by atoms with van der Waals surface area (Å²) in [7, 11) is 0. The van der Waals surface area contributed by atoms with Gasteiger partial charge in [0.15, 0.2) is 0 Å². The van der Waals surface area contributed by atoms with Crippen LogP contribution >= 0.6 is 0 Å². The first kappa shape index (κ1) is 11.8. The van der Waals surface area contributed by atoms with Crippen LogP contribution < -0.4 is 10.1 Å². The monoisotopic (exact) mass is 260 g/mol. The van der Waals surface area contributed by atoms with Crippen LogP contribution in [0.1, 0.15) is 6.42 Å². The zero-order valence-corrected chi connectivity index (χ0v) is 9.98. The number of fused-ring (bicyclic) bond motifs is 1. The molecular weight excluding hydrogens is 248 g/mol. The van der Waals surface area contributed by atoms with Gasteiger partial charge in [0.05, 0.1) is 17.1 Å². The summed E-state index contributed by atoms with van der Waals surface area (Å²) >= 11 is 0. The van der Waals surface area contributed by atoms with E-state index in [-0.39, 0.29) is 6.10 Å². The third-order valence-corrected chi connectivity index (χ3v) is 3.07. The van der Waals surface area contributed by atoms with E-state index < -0.39 is 12.0 Å². The third kappa shape index (κ3) is 2.32. The number of carbonyl (C=O) groups is 1. The lowest BCUT2D eigenvalue weighted by atomic mass is 10.2. The quantitative estimate of drug-likeness (QED) is 0.814. The lowest BCUT2D eigenvalue weighted by molar-refractivity contribution is -0.139. The number of aliphatic carboxylic acids is 1. The molecular formula is C12H12N4O3. The fourth-order valence-electron chi connectivity index (χ4n) is 2.12. The van der Waals surface area contributed by atoms with E-state index in [1.165, 1.54) is 6.33 Å². The van der Waals surface area contributed by atoms with Gasteiger partial charge in [0.1, 0.15) is 18.5 Å². The molecule has 0 bridgehead atoms. The van der Waals surface area contributed by atoms with E-state index in [1.54, 1.807) is 18.5 Å². The normalized spacial score (nSPS) is 22.5. The molecule has 0 spiro atoms. The van der Waals surface area contributed by atoms with Gasteiger partial charge in [0.2, 0.25) is 5.88 Å². The van der Waals surface area contributed by atoms with Crippen molar-refractivity contribution in [1.82, 2.24) is 20.3 Å². The first-order valence-electron chi connectivity index (χ1n) is 5.91. The van der Waals surface area contributed by atoms with Gasteiger partial charge in [-0.3, -0.25) is 9.78 Å². The van der Waals surface area contributed by atoms with Crippen LogP contribution in [0.4, 0.5) is 0 Å². The summed E-state index contributed by atoms with van der Waals surface area (Å²) in [4.78, 5) is 23.0. The van der Waals surface area contributed by atoms with Gasteiger partial charge in [0, 0.05) is 19.2 Å². The highest BCUT2D eigenvalue weighted by Crippen LogP contribution is 2.22. The molecule has 0 saturated carbocycles. The van der Waals surface area contributed by atoms with Crippen LogP contribution in [0.2, 0.25) is 0 Å². The molecule has 7 nitrogen and oxygen atoms in total. The van der Waals surface area contributed by atoms with E-state index in [4.69, 9.17) is 9.84 Å². The first-order valence-corrected chi connectivity index (χ1v) is 5.91. The van der Waals surface area contributed by atoms with Gasteiger partial charge in [-0.2, -0.15) is 0 Å². The predicted octanol–water partition coefficient (Wildman–Crippen LogP) is 0.219. The largest absolute Gasteiger partial charge is 0.480 e. The highest BCUT2D eigenvalue weighted by molar-refractivity contribution is 5.82. The van der Waals surface area contributed by atoms with Crippen LogP contribution in [-0.4, -0.2) is 44.7 Å². The molecule has 7 heteroatoms. The molecule has 2 N–H and O–H groups in total. The van der Waals surface area contributed by atoms with Crippen molar-refractivity contribution >= 4 is 16.9 Å². The Morgan fingerprint density at radius 3 is 3.16 bits per heavy atom. The summed E-state index contributed by atoms with van der Waals surface area (Å²) in [6.45, 7) is 0.494. The Morgan fingerprint density at radius 1 is 1.47 bits per heavy atom. The molecule has 0 amide bonds. The molecule has 19 heavy (non-hydrogen) atoms. The molecule has 0 aliphatic carbocycles. The summed E-state index contributed by atoms with van der Waals surface area (Å²) in [5, 5.41) is 12.6. The van der Waals surface area contributed by atoms with E-state index in [1.807, 2.05) is 0 Å². The number of nitrogens with zero attached hydrogens (tertiary/aromatic N) is 3. The summed E-state index contributed by atoms with van der Waals surface area (Å²) in [6, 6.07) is 1.22. The Balaban J connectivity index is 1.81. The lowest BCUT2D eigenvalue weighted by Gasteiger charge is -2.12. The highest BCUT2D eigenvalue weighted by atomic mass is 16.5. The number of nitrogens with one attached hydrogen (secondary N) is 1. The molecule has 0 aromatic carbocycles. The molecule has 98 valence electrons. The summed E-state index contributed by atoms with van der Waals surface area (Å²) < 4.78 is 5.76. The fraction of sp³-hybridized carbons (Fsp3) is 0.333. The second-order valence-corrected chi connectivity index (χ2v) is 4.35. The zero-order valence-electron chi connectivity index (χ0n) is 9.98. The minimum absolute atomic E-state index is 0.202. The number of aromatic nitrogens is 3. The van der Waals surface area contributed by atoms with Crippen molar-refractivity contribution in [3.05, 3.63) is 24.8 Å². The molecule has 2 aromatic heterocycles. The topological polar surface area (TPSA) is 97.2 Å². The molecule has 3 heterocycles. The number of hydrogen-bond acceptors (Lipinski definition) is 6. The number of pyridine rings is 1. The SMILES string of the molecule is O=C(O)C1CC(Oc2ncnc3cnccc23)CN1. The Labute approximate surface area is 108 Å². The van der Waals surface area contributed by atoms with E-state index >= 15 is 0 Å². The van der Waals surface area contributed by atoms with Crippen molar-refractivity contribution in [3.63, 3.8) is 0 Å². The Morgan fingerprint density at radius 2 is 2.37 bits per heavy atom. The van der Waals surface area contributed by atoms with Crippen molar-refractivity contribution in [2.75, 3.05) is 6.54 Å². The number of carboxylic acids is 1. The average Bonchev–Trinajstić information content (AvgIpc) is 2.88. The zero-order chi connectivity index (χ0) is 13.2. The van der Waals surface area contributed by atoms with Gasteiger partial charge >= 0.3 is 5.97 Å². The second kappa shape index (κ2) is 4.77.